The summed E-state index contributed by atoms with van der Waals surface area (Å²) in [7, 11) is 1.62. The van der Waals surface area contributed by atoms with Crippen LogP contribution in [0.25, 0.3) is 0 Å². The lowest BCUT2D eigenvalue weighted by Gasteiger charge is -2.24. The summed E-state index contributed by atoms with van der Waals surface area (Å²) >= 11 is 0. The zero-order valence-electron chi connectivity index (χ0n) is 16.5. The topological polar surface area (TPSA) is 84.9 Å². The van der Waals surface area contributed by atoms with Crippen LogP contribution < -0.4 is 14.8 Å². The number of carbonyl (C=O) groups excluding carboxylic acids is 1. The number of para-hydroxylation sites is 1. The number of ether oxygens (including phenoxy) is 2. The number of hydrogen-bond acceptors (Lipinski definition) is 4. The standard InChI is InChI=1S/C22H27NO5/c1-22(2,15-16-7-4-5-8-19(16)27-3)21(26)23-17-10-12-18(13-11-17)28-14-6-9-20(24)25/h4-5,7-8,10-13H,6,9,14-15H2,1-3H3,(H,23,26)(H,24,25). The summed E-state index contributed by atoms with van der Waals surface area (Å²) < 4.78 is 10.9. The minimum absolute atomic E-state index is 0.0788. The maximum absolute atomic E-state index is 12.8. The third kappa shape index (κ3) is 6.30. The highest BCUT2D eigenvalue weighted by molar-refractivity contribution is 5.95. The normalized spacial score (nSPS) is 11.0. The number of carboxylic acids is 1. The fraction of sp³-hybridized carbons (Fsp3) is 0.364. The monoisotopic (exact) mass is 385 g/mol. The van der Waals surface area contributed by atoms with Gasteiger partial charge in [-0.1, -0.05) is 32.0 Å². The number of anilines is 1. The molecule has 0 aliphatic rings. The van der Waals surface area contributed by atoms with Crippen LogP contribution in [0.5, 0.6) is 11.5 Å². The van der Waals surface area contributed by atoms with E-state index in [0.717, 1.165) is 11.3 Å². The molecule has 6 heteroatoms. The van der Waals surface area contributed by atoms with E-state index in [4.69, 9.17) is 14.6 Å². The quantitative estimate of drug-likeness (QED) is 0.600. The highest BCUT2D eigenvalue weighted by atomic mass is 16.5. The molecule has 0 atom stereocenters. The Morgan fingerprint density at radius 1 is 1.07 bits per heavy atom. The van der Waals surface area contributed by atoms with E-state index >= 15 is 0 Å². The van der Waals surface area contributed by atoms with Gasteiger partial charge in [0, 0.05) is 17.5 Å². The molecule has 1 amide bonds. The van der Waals surface area contributed by atoms with Crippen molar-refractivity contribution >= 4 is 17.6 Å². The smallest absolute Gasteiger partial charge is 0.303 e. The molecule has 2 rings (SSSR count). The second kappa shape index (κ2) is 9.78. The van der Waals surface area contributed by atoms with Crippen LogP contribution in [0.4, 0.5) is 5.69 Å². The minimum atomic E-state index is -0.836. The van der Waals surface area contributed by atoms with Crippen molar-refractivity contribution in [3.63, 3.8) is 0 Å². The maximum Gasteiger partial charge on any atom is 0.303 e. The maximum atomic E-state index is 12.8. The molecule has 0 fully saturated rings. The van der Waals surface area contributed by atoms with Crippen molar-refractivity contribution in [1.29, 1.82) is 0 Å². The zero-order chi connectivity index (χ0) is 20.6. The Labute approximate surface area is 165 Å². The molecule has 28 heavy (non-hydrogen) atoms. The van der Waals surface area contributed by atoms with Crippen molar-refractivity contribution in [3.05, 3.63) is 54.1 Å². The Bertz CT molecular complexity index is 799. The lowest BCUT2D eigenvalue weighted by molar-refractivity contribution is -0.137. The summed E-state index contributed by atoms with van der Waals surface area (Å²) in [5.41, 5.74) is 1.03. The molecule has 0 saturated carbocycles. The lowest BCUT2D eigenvalue weighted by Crippen LogP contribution is -2.32. The molecule has 0 aliphatic carbocycles. The third-order valence-electron chi connectivity index (χ3n) is 4.36. The number of carbonyl (C=O) groups is 2. The third-order valence-corrected chi connectivity index (χ3v) is 4.36. The number of aliphatic carboxylic acids is 1. The van der Waals surface area contributed by atoms with Gasteiger partial charge in [0.05, 0.1) is 13.7 Å². The first-order valence-corrected chi connectivity index (χ1v) is 9.20. The highest BCUT2D eigenvalue weighted by Gasteiger charge is 2.29. The second-order valence-corrected chi connectivity index (χ2v) is 7.20. The number of methoxy groups -OCH3 is 1. The Hall–Kier alpha value is -3.02. The van der Waals surface area contributed by atoms with Crippen LogP contribution >= 0.6 is 0 Å². The molecule has 6 nitrogen and oxygen atoms in total. The van der Waals surface area contributed by atoms with Crippen molar-refractivity contribution in [2.75, 3.05) is 19.0 Å². The van der Waals surface area contributed by atoms with Crippen LogP contribution in [0.3, 0.4) is 0 Å². The van der Waals surface area contributed by atoms with Crippen molar-refractivity contribution in [2.45, 2.75) is 33.1 Å². The van der Waals surface area contributed by atoms with Gasteiger partial charge in [0.1, 0.15) is 11.5 Å². The van der Waals surface area contributed by atoms with Crippen LogP contribution in [-0.2, 0) is 16.0 Å². The summed E-state index contributed by atoms with van der Waals surface area (Å²) in [6.45, 7) is 4.13. The summed E-state index contributed by atoms with van der Waals surface area (Å²) in [6, 6.07) is 14.7. The highest BCUT2D eigenvalue weighted by Crippen LogP contribution is 2.29. The molecule has 2 aromatic rings. The van der Waals surface area contributed by atoms with Crippen LogP contribution in [0.1, 0.15) is 32.3 Å². The molecule has 0 heterocycles. The van der Waals surface area contributed by atoms with Crippen LogP contribution in [-0.4, -0.2) is 30.7 Å². The van der Waals surface area contributed by atoms with Gasteiger partial charge in [-0.25, -0.2) is 0 Å². The van der Waals surface area contributed by atoms with E-state index in [1.165, 1.54) is 0 Å². The average molecular weight is 385 g/mol. The van der Waals surface area contributed by atoms with Gasteiger partial charge in [0.15, 0.2) is 0 Å². The van der Waals surface area contributed by atoms with Crippen molar-refractivity contribution in [3.8, 4) is 11.5 Å². The molecular weight excluding hydrogens is 358 g/mol. The number of hydrogen-bond donors (Lipinski definition) is 2. The van der Waals surface area contributed by atoms with Crippen LogP contribution in [0.15, 0.2) is 48.5 Å². The van der Waals surface area contributed by atoms with Crippen molar-refractivity contribution in [1.82, 2.24) is 0 Å². The van der Waals surface area contributed by atoms with Crippen molar-refractivity contribution in [2.24, 2.45) is 5.41 Å². The summed E-state index contributed by atoms with van der Waals surface area (Å²) in [6.07, 6.45) is 1.08. The molecule has 0 spiro atoms. The lowest BCUT2D eigenvalue weighted by atomic mass is 9.84. The number of amides is 1. The van der Waals surface area contributed by atoms with Gasteiger partial charge < -0.3 is 19.9 Å². The molecule has 150 valence electrons. The molecule has 0 aliphatic heterocycles. The van der Waals surface area contributed by atoms with Gasteiger partial charge in [-0.2, -0.15) is 0 Å². The minimum Gasteiger partial charge on any atom is -0.496 e. The summed E-state index contributed by atoms with van der Waals surface area (Å²) in [5, 5.41) is 11.6. The molecule has 0 aromatic heterocycles. The van der Waals surface area contributed by atoms with Gasteiger partial charge in [-0.3, -0.25) is 9.59 Å². The zero-order valence-corrected chi connectivity index (χ0v) is 16.5. The van der Waals surface area contributed by atoms with Crippen molar-refractivity contribution < 1.29 is 24.2 Å². The van der Waals surface area contributed by atoms with Crippen LogP contribution in [0.2, 0.25) is 0 Å². The number of nitrogens with one attached hydrogen (secondary N) is 1. The van der Waals surface area contributed by atoms with Gasteiger partial charge >= 0.3 is 5.97 Å². The van der Waals surface area contributed by atoms with E-state index in [0.29, 0.717) is 30.9 Å². The first kappa shape index (κ1) is 21.3. The predicted octanol–water partition coefficient (Wildman–Crippen LogP) is 4.15. The Morgan fingerprint density at radius 3 is 2.39 bits per heavy atom. The fourth-order valence-corrected chi connectivity index (χ4v) is 2.75. The number of carboxylic acid groups (broad SMARTS) is 1. The van der Waals surface area contributed by atoms with E-state index < -0.39 is 11.4 Å². The van der Waals surface area contributed by atoms with E-state index in [9.17, 15) is 9.59 Å². The van der Waals surface area contributed by atoms with Crippen LogP contribution in [0, 0.1) is 5.41 Å². The first-order valence-electron chi connectivity index (χ1n) is 9.20. The number of benzene rings is 2. The molecular formula is C22H27NO5. The largest absolute Gasteiger partial charge is 0.496 e. The van der Waals surface area contributed by atoms with E-state index in [-0.39, 0.29) is 12.3 Å². The van der Waals surface area contributed by atoms with Gasteiger partial charge in [0.2, 0.25) is 5.91 Å². The predicted molar refractivity (Wildman–Crippen MR) is 108 cm³/mol. The molecule has 2 N–H and O–H groups in total. The molecule has 0 unspecified atom stereocenters. The van der Waals surface area contributed by atoms with Gasteiger partial charge in [0.25, 0.3) is 0 Å². The van der Waals surface area contributed by atoms with E-state index in [2.05, 4.69) is 5.32 Å². The molecule has 0 radical (unpaired) electrons. The fourth-order valence-electron chi connectivity index (χ4n) is 2.75. The second-order valence-electron chi connectivity index (χ2n) is 7.20. The summed E-state index contributed by atoms with van der Waals surface area (Å²) in [5.74, 6) is 0.482. The Kier molecular flexibility index (Phi) is 7.44. The molecule has 0 bridgehead atoms. The van der Waals surface area contributed by atoms with E-state index in [1.54, 1.807) is 31.4 Å². The molecule has 2 aromatic carbocycles. The SMILES string of the molecule is COc1ccccc1CC(C)(C)C(=O)Nc1ccc(OCCCC(=O)O)cc1. The number of rotatable bonds is 10. The molecule has 0 saturated heterocycles. The Morgan fingerprint density at radius 2 is 1.75 bits per heavy atom. The van der Waals surface area contributed by atoms with Gasteiger partial charge in [-0.15, -0.1) is 0 Å². The Balaban J connectivity index is 1.92. The van der Waals surface area contributed by atoms with E-state index in [1.807, 2.05) is 38.1 Å². The average Bonchev–Trinajstić information content (AvgIpc) is 2.66. The van der Waals surface area contributed by atoms with Gasteiger partial charge in [-0.05, 0) is 48.7 Å². The first-order chi connectivity index (χ1) is 13.3. The summed E-state index contributed by atoms with van der Waals surface area (Å²) in [4.78, 5) is 23.2.